The van der Waals surface area contributed by atoms with Crippen molar-refractivity contribution in [3.63, 3.8) is 0 Å². The Morgan fingerprint density at radius 3 is 2.31 bits per heavy atom. The second kappa shape index (κ2) is 7.66. The molecule has 0 unspecified atom stereocenters. The van der Waals surface area contributed by atoms with Crippen LogP contribution in [0.3, 0.4) is 0 Å². The normalized spacial score (nSPS) is 11.7. The third-order valence-corrected chi connectivity index (χ3v) is 7.35. The number of rotatable bonds is 5. The van der Waals surface area contributed by atoms with Crippen LogP contribution < -0.4 is 4.74 Å². The van der Waals surface area contributed by atoms with Gasteiger partial charge >= 0.3 is 0 Å². The lowest BCUT2D eigenvalue weighted by Gasteiger charge is -2.14. The number of aromatic nitrogens is 1. The molecule has 0 saturated heterocycles. The molecule has 6 heteroatoms. The van der Waals surface area contributed by atoms with Gasteiger partial charge < -0.3 is 4.74 Å². The molecular weight excluding hydrogens is 422 g/mol. The van der Waals surface area contributed by atoms with Gasteiger partial charge in [0.05, 0.1) is 23.2 Å². The molecule has 4 aromatic carbocycles. The Labute approximate surface area is 185 Å². The molecule has 5 nitrogen and oxygen atoms in total. The van der Waals surface area contributed by atoms with Crippen molar-refractivity contribution in [3.8, 4) is 17.0 Å². The van der Waals surface area contributed by atoms with Crippen LogP contribution in [0.25, 0.3) is 32.9 Å². The van der Waals surface area contributed by atoms with Gasteiger partial charge in [0.2, 0.25) is 0 Å². The highest BCUT2D eigenvalue weighted by atomic mass is 32.2. The molecule has 1 heterocycles. The molecule has 0 spiro atoms. The summed E-state index contributed by atoms with van der Waals surface area (Å²) in [6.45, 7) is 0. The SMILES string of the molecule is COc1ccc2c(c1)cc(-c1ccc3ccccc3c1C=O)n2S(=O)(=O)c1ccccc1. The van der Waals surface area contributed by atoms with Gasteiger partial charge in [0.15, 0.2) is 6.29 Å². The molecule has 0 amide bonds. The van der Waals surface area contributed by atoms with Crippen molar-refractivity contribution in [2.75, 3.05) is 7.11 Å². The Balaban J connectivity index is 1.90. The molecule has 0 atom stereocenters. The number of benzene rings is 4. The third kappa shape index (κ3) is 3.08. The van der Waals surface area contributed by atoms with Crippen LogP contribution >= 0.6 is 0 Å². The van der Waals surface area contributed by atoms with Gasteiger partial charge in [0, 0.05) is 16.5 Å². The minimum Gasteiger partial charge on any atom is -0.497 e. The summed E-state index contributed by atoms with van der Waals surface area (Å²) in [4.78, 5) is 12.4. The Morgan fingerprint density at radius 1 is 0.812 bits per heavy atom. The number of methoxy groups -OCH3 is 1. The fourth-order valence-corrected chi connectivity index (χ4v) is 5.63. The molecule has 32 heavy (non-hydrogen) atoms. The molecule has 5 aromatic rings. The molecule has 1 aromatic heterocycles. The Kier molecular flexibility index (Phi) is 4.79. The number of carbonyl (C=O) groups is 1. The lowest BCUT2D eigenvalue weighted by atomic mass is 9.98. The molecule has 0 fully saturated rings. The van der Waals surface area contributed by atoms with Crippen molar-refractivity contribution < 1.29 is 17.9 Å². The molecular formula is C26H19NO4S. The zero-order chi connectivity index (χ0) is 22.3. The number of nitrogens with zero attached hydrogens (tertiary/aromatic N) is 1. The standard InChI is InChI=1S/C26H19NO4S/c1-31-20-12-14-25-19(15-20)16-26(27(25)32(29,30)21-8-3-2-4-9-21)23-13-11-18-7-5-6-10-22(18)24(23)17-28/h2-17H,1H3. The van der Waals surface area contributed by atoms with Gasteiger partial charge in [-0.05, 0) is 47.2 Å². The number of hydrogen-bond acceptors (Lipinski definition) is 4. The summed E-state index contributed by atoms with van der Waals surface area (Å²) in [5.74, 6) is 0.618. The minimum atomic E-state index is -3.94. The minimum absolute atomic E-state index is 0.169. The first kappa shape index (κ1) is 20.0. The first-order valence-corrected chi connectivity index (χ1v) is 11.5. The Hall–Kier alpha value is -3.90. The molecule has 0 aliphatic carbocycles. The van der Waals surface area contributed by atoms with Gasteiger partial charge in [-0.25, -0.2) is 12.4 Å². The summed E-state index contributed by atoms with van der Waals surface area (Å²) in [6, 6.07) is 26.6. The van der Waals surface area contributed by atoms with Gasteiger partial charge in [0.25, 0.3) is 10.0 Å². The number of hydrogen-bond donors (Lipinski definition) is 0. The smallest absolute Gasteiger partial charge is 0.268 e. The number of aldehydes is 1. The summed E-state index contributed by atoms with van der Waals surface area (Å²) in [5, 5.41) is 2.38. The number of ether oxygens (including phenoxy) is 1. The fourth-order valence-electron chi connectivity index (χ4n) is 4.09. The maximum atomic E-state index is 13.8. The van der Waals surface area contributed by atoms with E-state index in [1.54, 1.807) is 67.8 Å². The van der Waals surface area contributed by atoms with Crippen LogP contribution in [0.2, 0.25) is 0 Å². The average molecular weight is 442 g/mol. The highest BCUT2D eigenvalue weighted by Gasteiger charge is 2.25. The van der Waals surface area contributed by atoms with Crippen molar-refractivity contribution in [1.29, 1.82) is 0 Å². The van der Waals surface area contributed by atoms with Crippen molar-refractivity contribution in [2.24, 2.45) is 0 Å². The van der Waals surface area contributed by atoms with Crippen LogP contribution in [0.4, 0.5) is 0 Å². The van der Waals surface area contributed by atoms with Crippen LogP contribution in [0, 0.1) is 0 Å². The maximum Gasteiger partial charge on any atom is 0.268 e. The quantitative estimate of drug-likeness (QED) is 0.337. The Bertz CT molecular complexity index is 1590. The molecule has 5 rings (SSSR count). The fraction of sp³-hybridized carbons (Fsp3) is 0.0385. The first-order valence-electron chi connectivity index (χ1n) is 10.0. The van der Waals surface area contributed by atoms with Crippen molar-refractivity contribution in [2.45, 2.75) is 4.90 Å². The summed E-state index contributed by atoms with van der Waals surface area (Å²) in [5.41, 5.74) is 1.93. The van der Waals surface area contributed by atoms with Gasteiger partial charge in [-0.3, -0.25) is 4.79 Å². The van der Waals surface area contributed by atoms with Gasteiger partial charge in [-0.1, -0.05) is 54.6 Å². The van der Waals surface area contributed by atoms with Gasteiger partial charge in [-0.15, -0.1) is 0 Å². The highest BCUT2D eigenvalue weighted by molar-refractivity contribution is 7.90. The predicted molar refractivity (Wildman–Crippen MR) is 126 cm³/mol. The molecule has 0 aliphatic heterocycles. The Morgan fingerprint density at radius 2 is 1.56 bits per heavy atom. The van der Waals surface area contributed by atoms with Crippen molar-refractivity contribution in [3.05, 3.63) is 96.6 Å². The van der Waals surface area contributed by atoms with E-state index in [0.717, 1.165) is 17.1 Å². The van der Waals surface area contributed by atoms with Gasteiger partial charge in [0.1, 0.15) is 5.75 Å². The van der Waals surface area contributed by atoms with Crippen LogP contribution in [-0.4, -0.2) is 25.8 Å². The van der Waals surface area contributed by atoms with Gasteiger partial charge in [-0.2, -0.15) is 0 Å². The van der Waals surface area contributed by atoms with Crippen LogP contribution in [0.5, 0.6) is 5.75 Å². The van der Waals surface area contributed by atoms with Crippen molar-refractivity contribution >= 4 is 38.0 Å². The van der Waals surface area contributed by atoms with Crippen molar-refractivity contribution in [1.82, 2.24) is 3.97 Å². The third-order valence-electron chi connectivity index (χ3n) is 5.61. The maximum absolute atomic E-state index is 13.8. The molecule has 158 valence electrons. The first-order chi connectivity index (χ1) is 15.5. The number of carbonyl (C=O) groups excluding carboxylic acids is 1. The van der Waals surface area contributed by atoms with E-state index >= 15 is 0 Å². The summed E-state index contributed by atoms with van der Waals surface area (Å²) < 4.78 is 34.2. The molecule has 0 saturated carbocycles. The molecule has 0 N–H and O–H groups in total. The summed E-state index contributed by atoms with van der Waals surface area (Å²) >= 11 is 0. The molecule has 0 radical (unpaired) electrons. The second-order valence-electron chi connectivity index (χ2n) is 7.40. The summed E-state index contributed by atoms with van der Waals surface area (Å²) in [6.07, 6.45) is 0.787. The van der Waals surface area contributed by atoms with E-state index in [-0.39, 0.29) is 4.90 Å². The predicted octanol–water partition coefficient (Wildman–Crippen LogP) is 5.52. The topological polar surface area (TPSA) is 65.4 Å². The summed E-state index contributed by atoms with van der Waals surface area (Å²) in [7, 11) is -2.38. The largest absolute Gasteiger partial charge is 0.497 e. The zero-order valence-corrected chi connectivity index (χ0v) is 18.0. The van der Waals surface area contributed by atoms with E-state index in [9.17, 15) is 13.2 Å². The molecule has 0 aliphatic rings. The lowest BCUT2D eigenvalue weighted by molar-refractivity contribution is 0.112. The van der Waals surface area contributed by atoms with E-state index in [1.807, 2.05) is 30.3 Å². The van der Waals surface area contributed by atoms with E-state index in [4.69, 9.17) is 4.74 Å². The average Bonchev–Trinajstić information content (AvgIpc) is 3.23. The van der Waals surface area contributed by atoms with Crippen LogP contribution in [0.15, 0.2) is 95.9 Å². The number of fused-ring (bicyclic) bond motifs is 2. The van der Waals surface area contributed by atoms with Crippen LogP contribution in [-0.2, 0) is 10.0 Å². The molecule has 0 bridgehead atoms. The highest BCUT2D eigenvalue weighted by Crippen LogP contribution is 2.37. The van der Waals surface area contributed by atoms with E-state index in [1.165, 1.54) is 3.97 Å². The lowest BCUT2D eigenvalue weighted by Crippen LogP contribution is -2.14. The van der Waals surface area contributed by atoms with E-state index in [0.29, 0.717) is 33.5 Å². The van der Waals surface area contributed by atoms with Crippen LogP contribution in [0.1, 0.15) is 10.4 Å². The zero-order valence-electron chi connectivity index (χ0n) is 17.2. The second-order valence-corrected chi connectivity index (χ2v) is 9.19. The monoisotopic (exact) mass is 441 g/mol. The van der Waals surface area contributed by atoms with E-state index in [2.05, 4.69) is 0 Å². The van der Waals surface area contributed by atoms with E-state index < -0.39 is 10.0 Å².